The minimum absolute atomic E-state index is 0.00436. The van der Waals surface area contributed by atoms with E-state index in [0.29, 0.717) is 5.69 Å². The van der Waals surface area contributed by atoms with Crippen molar-refractivity contribution in [2.24, 2.45) is 0 Å². The topological polar surface area (TPSA) is 89.7 Å². The lowest BCUT2D eigenvalue weighted by Crippen LogP contribution is -2.30. The Morgan fingerprint density at radius 2 is 2.06 bits per heavy atom. The second-order valence-corrected chi connectivity index (χ2v) is 5.79. The van der Waals surface area contributed by atoms with Gasteiger partial charge in [-0.25, -0.2) is 12.7 Å². The summed E-state index contributed by atoms with van der Waals surface area (Å²) in [6.45, 7) is 3.12. The number of sulfonamides is 1. The lowest BCUT2D eigenvalue weighted by Gasteiger charge is -2.15. The molecule has 8 heteroatoms. The molecule has 102 valence electrons. The van der Waals surface area contributed by atoms with Gasteiger partial charge in [0.1, 0.15) is 10.6 Å². The van der Waals surface area contributed by atoms with Crippen molar-refractivity contribution >= 4 is 16.0 Å². The number of hydrogen-bond donors (Lipinski definition) is 0. The van der Waals surface area contributed by atoms with Crippen molar-refractivity contribution in [3.8, 4) is 0 Å². The van der Waals surface area contributed by atoms with E-state index in [0.717, 1.165) is 4.31 Å². The molecule has 0 fully saturated rings. The van der Waals surface area contributed by atoms with E-state index in [2.05, 4.69) is 9.89 Å². The molecule has 18 heavy (non-hydrogen) atoms. The largest absolute Gasteiger partial charge is 0.469 e. The lowest BCUT2D eigenvalue weighted by atomic mass is 10.4. The van der Waals surface area contributed by atoms with Crippen LogP contribution in [0, 0.1) is 13.8 Å². The van der Waals surface area contributed by atoms with Crippen LogP contribution in [0.25, 0.3) is 0 Å². The molecule has 7 nitrogen and oxygen atoms in total. The van der Waals surface area contributed by atoms with Gasteiger partial charge in [-0.05, 0) is 13.8 Å². The molecular weight excluding hydrogens is 260 g/mol. The quantitative estimate of drug-likeness (QED) is 0.726. The third-order valence-corrected chi connectivity index (χ3v) is 4.60. The molecule has 0 unspecified atom stereocenters. The molecular formula is C10H16N2O5S. The van der Waals surface area contributed by atoms with E-state index < -0.39 is 16.0 Å². The Morgan fingerprint density at radius 3 is 2.50 bits per heavy atom. The van der Waals surface area contributed by atoms with Crippen LogP contribution in [0.15, 0.2) is 9.42 Å². The third kappa shape index (κ3) is 2.88. The molecule has 0 aromatic carbocycles. The molecule has 0 saturated carbocycles. The van der Waals surface area contributed by atoms with Gasteiger partial charge in [0, 0.05) is 13.6 Å². The molecule has 0 atom stereocenters. The zero-order chi connectivity index (χ0) is 13.9. The molecule has 0 aliphatic heterocycles. The summed E-state index contributed by atoms with van der Waals surface area (Å²) in [5, 5.41) is 3.60. The van der Waals surface area contributed by atoms with Gasteiger partial charge >= 0.3 is 5.97 Å². The number of aryl methyl sites for hydroxylation is 2. The number of carbonyl (C=O) groups is 1. The number of methoxy groups -OCH3 is 1. The number of ether oxygens (including phenoxy) is 1. The van der Waals surface area contributed by atoms with Crippen LogP contribution in [0.2, 0.25) is 0 Å². The summed E-state index contributed by atoms with van der Waals surface area (Å²) in [6, 6.07) is 0. The second-order valence-electron chi connectivity index (χ2n) is 3.81. The highest BCUT2D eigenvalue weighted by Crippen LogP contribution is 2.22. The van der Waals surface area contributed by atoms with Crippen molar-refractivity contribution < 1.29 is 22.5 Å². The molecule has 0 N–H and O–H groups in total. The van der Waals surface area contributed by atoms with Gasteiger partial charge in [0.15, 0.2) is 5.76 Å². The number of esters is 1. The fourth-order valence-electron chi connectivity index (χ4n) is 1.47. The van der Waals surface area contributed by atoms with Gasteiger partial charge in [0.05, 0.1) is 13.5 Å². The maximum absolute atomic E-state index is 12.2. The first-order valence-electron chi connectivity index (χ1n) is 5.26. The number of rotatable bonds is 5. The van der Waals surface area contributed by atoms with E-state index in [9.17, 15) is 13.2 Å². The van der Waals surface area contributed by atoms with E-state index in [1.165, 1.54) is 21.1 Å². The van der Waals surface area contributed by atoms with Crippen LogP contribution >= 0.6 is 0 Å². The first kappa shape index (κ1) is 14.7. The molecule has 1 heterocycles. The predicted octanol–water partition coefficient (Wildman–Crippen LogP) is 0.475. The van der Waals surface area contributed by atoms with Crippen LogP contribution in [0.5, 0.6) is 0 Å². The van der Waals surface area contributed by atoms with Crippen molar-refractivity contribution in [3.05, 3.63) is 11.5 Å². The highest BCUT2D eigenvalue weighted by Gasteiger charge is 2.28. The van der Waals surface area contributed by atoms with E-state index in [1.807, 2.05) is 0 Å². The van der Waals surface area contributed by atoms with Gasteiger partial charge in [-0.15, -0.1) is 0 Å². The van der Waals surface area contributed by atoms with E-state index >= 15 is 0 Å². The Labute approximate surface area is 106 Å². The van der Waals surface area contributed by atoms with Crippen LogP contribution in [-0.2, 0) is 19.6 Å². The first-order chi connectivity index (χ1) is 8.30. The van der Waals surface area contributed by atoms with Gasteiger partial charge in [-0.2, -0.15) is 0 Å². The van der Waals surface area contributed by atoms with Crippen molar-refractivity contribution in [2.75, 3.05) is 20.7 Å². The van der Waals surface area contributed by atoms with Crippen molar-refractivity contribution in [1.82, 2.24) is 9.46 Å². The molecule has 1 rings (SSSR count). The Hall–Kier alpha value is -1.41. The smallest absolute Gasteiger partial charge is 0.306 e. The third-order valence-electron chi connectivity index (χ3n) is 2.49. The standard InChI is InChI=1S/C10H16N2O5S/c1-7-10(8(2)17-11-7)18(14,15)12(3)6-5-9(13)16-4/h5-6H2,1-4H3. The normalized spacial score (nSPS) is 11.8. The zero-order valence-corrected chi connectivity index (χ0v) is 11.6. The maximum Gasteiger partial charge on any atom is 0.306 e. The maximum atomic E-state index is 12.2. The SMILES string of the molecule is COC(=O)CCN(C)S(=O)(=O)c1c(C)noc1C. The number of carbonyl (C=O) groups excluding carboxylic acids is 1. The second kappa shape index (κ2) is 5.49. The first-order valence-corrected chi connectivity index (χ1v) is 6.70. The Balaban J connectivity index is 2.91. The monoisotopic (exact) mass is 276 g/mol. The van der Waals surface area contributed by atoms with Gasteiger partial charge < -0.3 is 9.26 Å². The van der Waals surface area contributed by atoms with Crippen molar-refractivity contribution in [3.63, 3.8) is 0 Å². The molecule has 1 aromatic heterocycles. The van der Waals surface area contributed by atoms with Gasteiger partial charge in [-0.3, -0.25) is 4.79 Å². The highest BCUT2D eigenvalue weighted by molar-refractivity contribution is 7.89. The summed E-state index contributed by atoms with van der Waals surface area (Å²) in [7, 11) is -1.04. The number of aromatic nitrogens is 1. The van der Waals surface area contributed by atoms with Crippen molar-refractivity contribution in [2.45, 2.75) is 25.2 Å². The summed E-state index contributed by atoms with van der Waals surface area (Å²) >= 11 is 0. The van der Waals surface area contributed by atoms with Gasteiger partial charge in [-0.1, -0.05) is 5.16 Å². The van der Waals surface area contributed by atoms with E-state index in [-0.39, 0.29) is 23.6 Å². The number of hydrogen-bond acceptors (Lipinski definition) is 6. The lowest BCUT2D eigenvalue weighted by molar-refractivity contribution is -0.140. The van der Waals surface area contributed by atoms with Crippen molar-refractivity contribution in [1.29, 1.82) is 0 Å². The summed E-state index contributed by atoms with van der Waals surface area (Å²) in [5.74, 6) is -0.228. The summed E-state index contributed by atoms with van der Waals surface area (Å²) in [4.78, 5) is 11.0. The van der Waals surface area contributed by atoms with E-state index in [4.69, 9.17) is 4.52 Å². The number of nitrogens with zero attached hydrogens (tertiary/aromatic N) is 2. The van der Waals surface area contributed by atoms with Crippen LogP contribution < -0.4 is 0 Å². The summed E-state index contributed by atoms with van der Waals surface area (Å²) in [5.41, 5.74) is 0.303. The molecule has 1 aromatic rings. The van der Waals surface area contributed by atoms with Crippen LogP contribution in [0.3, 0.4) is 0 Å². The van der Waals surface area contributed by atoms with Gasteiger partial charge in [0.25, 0.3) is 0 Å². The van der Waals surface area contributed by atoms with Crippen LogP contribution in [-0.4, -0.2) is 44.6 Å². The fraction of sp³-hybridized carbons (Fsp3) is 0.600. The minimum atomic E-state index is -3.69. The molecule has 0 radical (unpaired) electrons. The minimum Gasteiger partial charge on any atom is -0.469 e. The molecule has 0 aliphatic rings. The average Bonchev–Trinajstić information content (AvgIpc) is 2.65. The molecule has 0 saturated heterocycles. The Morgan fingerprint density at radius 1 is 1.44 bits per heavy atom. The van der Waals surface area contributed by atoms with Crippen LogP contribution in [0.1, 0.15) is 17.9 Å². The molecule has 0 spiro atoms. The Bertz CT molecular complexity index is 515. The van der Waals surface area contributed by atoms with Crippen LogP contribution in [0.4, 0.5) is 0 Å². The Kier molecular flexibility index (Phi) is 4.47. The summed E-state index contributed by atoms with van der Waals surface area (Å²) in [6.07, 6.45) is -0.00436. The highest BCUT2D eigenvalue weighted by atomic mass is 32.2. The fourth-order valence-corrected chi connectivity index (χ4v) is 2.92. The molecule has 0 bridgehead atoms. The zero-order valence-electron chi connectivity index (χ0n) is 10.8. The molecule has 0 amide bonds. The molecule has 0 aliphatic carbocycles. The average molecular weight is 276 g/mol. The summed E-state index contributed by atoms with van der Waals surface area (Å²) < 4.78 is 34.8. The predicted molar refractivity (Wildman–Crippen MR) is 62.4 cm³/mol. The van der Waals surface area contributed by atoms with E-state index in [1.54, 1.807) is 6.92 Å². The van der Waals surface area contributed by atoms with Gasteiger partial charge in [0.2, 0.25) is 10.0 Å².